The van der Waals surface area contributed by atoms with Gasteiger partial charge in [0.1, 0.15) is 5.82 Å². The monoisotopic (exact) mass is 340 g/mol. The van der Waals surface area contributed by atoms with Gasteiger partial charge < -0.3 is 14.8 Å². The molecular weight excluding hydrogens is 323 g/mol. The van der Waals surface area contributed by atoms with Crippen LogP contribution in [0, 0.1) is 5.82 Å². The number of rotatable bonds is 6. The number of nitrogens with one attached hydrogen (secondary N) is 1. The van der Waals surface area contributed by atoms with Crippen LogP contribution in [0.4, 0.5) is 4.39 Å². The first-order valence-corrected chi connectivity index (χ1v) is 7.90. The summed E-state index contributed by atoms with van der Waals surface area (Å²) in [6.45, 7) is 0.378. The van der Waals surface area contributed by atoms with Gasteiger partial charge in [0.25, 0.3) is 5.91 Å². The molecule has 0 aliphatic rings. The summed E-state index contributed by atoms with van der Waals surface area (Å²) in [5.74, 6) is -0.148. The van der Waals surface area contributed by atoms with Crippen molar-refractivity contribution in [1.29, 1.82) is 0 Å². The fraction of sp³-hybridized carbons (Fsp3) is 0.158. The van der Waals surface area contributed by atoms with Crippen molar-refractivity contribution in [2.24, 2.45) is 0 Å². The number of amides is 1. The lowest BCUT2D eigenvalue weighted by Crippen LogP contribution is -2.25. The predicted octanol–water partition coefficient (Wildman–Crippen LogP) is 3.26. The standard InChI is InChI=1S/C19H17FN2O3/c20-16-9-4-3-8-15(16)17-12-22-19(25-17)14-7-2-1-6-13(14)18(24)21-10-5-11-23/h1-4,6-9,12,23H,5,10-11H2,(H,21,24). The molecule has 0 fully saturated rings. The zero-order chi connectivity index (χ0) is 17.6. The third-order valence-electron chi connectivity index (χ3n) is 3.67. The highest BCUT2D eigenvalue weighted by Crippen LogP contribution is 2.29. The van der Waals surface area contributed by atoms with Crippen molar-refractivity contribution in [2.75, 3.05) is 13.2 Å². The Balaban J connectivity index is 1.91. The van der Waals surface area contributed by atoms with Gasteiger partial charge in [0.2, 0.25) is 5.89 Å². The molecule has 0 saturated carbocycles. The van der Waals surface area contributed by atoms with E-state index in [1.165, 1.54) is 12.3 Å². The lowest BCUT2D eigenvalue weighted by molar-refractivity contribution is 0.0951. The number of oxazole rings is 1. The van der Waals surface area contributed by atoms with Crippen LogP contribution in [0.15, 0.2) is 59.1 Å². The molecule has 128 valence electrons. The summed E-state index contributed by atoms with van der Waals surface area (Å²) in [5, 5.41) is 11.5. The molecule has 0 unspecified atom stereocenters. The highest BCUT2D eigenvalue weighted by Gasteiger charge is 2.17. The largest absolute Gasteiger partial charge is 0.436 e. The van der Waals surface area contributed by atoms with Crippen molar-refractivity contribution in [2.45, 2.75) is 6.42 Å². The van der Waals surface area contributed by atoms with E-state index in [0.717, 1.165) is 0 Å². The minimum Gasteiger partial charge on any atom is -0.436 e. The van der Waals surface area contributed by atoms with Crippen LogP contribution in [0.1, 0.15) is 16.8 Å². The average Bonchev–Trinajstić information content (AvgIpc) is 3.12. The summed E-state index contributed by atoms with van der Waals surface area (Å²) in [6.07, 6.45) is 1.92. The topological polar surface area (TPSA) is 75.4 Å². The minimum absolute atomic E-state index is 0.00761. The first-order valence-electron chi connectivity index (χ1n) is 7.90. The van der Waals surface area contributed by atoms with E-state index in [0.29, 0.717) is 35.4 Å². The lowest BCUT2D eigenvalue weighted by Gasteiger charge is -2.07. The Kier molecular flexibility index (Phi) is 5.20. The van der Waals surface area contributed by atoms with Gasteiger partial charge in [0.05, 0.1) is 17.3 Å². The number of carbonyl (C=O) groups is 1. The average molecular weight is 340 g/mol. The Morgan fingerprint density at radius 3 is 2.60 bits per heavy atom. The maximum Gasteiger partial charge on any atom is 0.252 e. The number of halogens is 1. The van der Waals surface area contributed by atoms with E-state index in [4.69, 9.17) is 9.52 Å². The molecule has 0 aliphatic carbocycles. The van der Waals surface area contributed by atoms with Crippen molar-refractivity contribution in [3.63, 3.8) is 0 Å². The van der Waals surface area contributed by atoms with E-state index in [1.54, 1.807) is 42.5 Å². The van der Waals surface area contributed by atoms with Crippen LogP contribution in [0.25, 0.3) is 22.8 Å². The summed E-state index contributed by atoms with van der Waals surface area (Å²) in [5.41, 5.74) is 1.24. The first-order chi connectivity index (χ1) is 12.2. The molecule has 1 aromatic heterocycles. The van der Waals surface area contributed by atoms with Crippen LogP contribution < -0.4 is 5.32 Å². The normalized spacial score (nSPS) is 10.6. The van der Waals surface area contributed by atoms with E-state index >= 15 is 0 Å². The zero-order valence-electron chi connectivity index (χ0n) is 13.4. The highest BCUT2D eigenvalue weighted by atomic mass is 19.1. The number of benzene rings is 2. The maximum atomic E-state index is 13.9. The Morgan fingerprint density at radius 1 is 1.12 bits per heavy atom. The molecule has 3 rings (SSSR count). The van der Waals surface area contributed by atoms with Gasteiger partial charge in [-0.25, -0.2) is 9.37 Å². The van der Waals surface area contributed by atoms with Crippen LogP contribution in [0.2, 0.25) is 0 Å². The van der Waals surface area contributed by atoms with Gasteiger partial charge in [-0.2, -0.15) is 0 Å². The fourth-order valence-electron chi connectivity index (χ4n) is 2.43. The zero-order valence-corrected chi connectivity index (χ0v) is 13.4. The van der Waals surface area contributed by atoms with Crippen molar-refractivity contribution < 1.29 is 18.7 Å². The van der Waals surface area contributed by atoms with Crippen LogP contribution in [-0.2, 0) is 0 Å². The fourth-order valence-corrected chi connectivity index (χ4v) is 2.43. The van der Waals surface area contributed by atoms with E-state index in [1.807, 2.05) is 0 Å². The van der Waals surface area contributed by atoms with E-state index in [-0.39, 0.29) is 18.4 Å². The molecule has 0 atom stereocenters. The number of aliphatic hydroxyl groups is 1. The quantitative estimate of drug-likeness (QED) is 0.676. The molecule has 0 spiro atoms. The van der Waals surface area contributed by atoms with Crippen LogP contribution in [0.5, 0.6) is 0 Å². The lowest BCUT2D eigenvalue weighted by atomic mass is 10.1. The Hall–Kier alpha value is -2.99. The van der Waals surface area contributed by atoms with Gasteiger partial charge in [-0.1, -0.05) is 24.3 Å². The number of hydrogen-bond acceptors (Lipinski definition) is 4. The molecule has 2 N–H and O–H groups in total. The van der Waals surface area contributed by atoms with Crippen molar-refractivity contribution in [1.82, 2.24) is 10.3 Å². The third-order valence-corrected chi connectivity index (χ3v) is 3.67. The number of carbonyl (C=O) groups excluding carboxylic acids is 1. The van der Waals surface area contributed by atoms with Crippen molar-refractivity contribution in [3.05, 3.63) is 66.1 Å². The summed E-state index contributed by atoms with van der Waals surface area (Å²) in [6, 6.07) is 13.2. The summed E-state index contributed by atoms with van der Waals surface area (Å²) < 4.78 is 19.6. The van der Waals surface area contributed by atoms with Gasteiger partial charge in [-0.05, 0) is 30.7 Å². The third kappa shape index (κ3) is 3.75. The van der Waals surface area contributed by atoms with Gasteiger partial charge >= 0.3 is 0 Å². The maximum absolute atomic E-state index is 13.9. The van der Waals surface area contributed by atoms with Crippen molar-refractivity contribution in [3.8, 4) is 22.8 Å². The molecule has 1 heterocycles. The van der Waals surface area contributed by atoms with E-state index in [2.05, 4.69) is 10.3 Å². The summed E-state index contributed by atoms with van der Waals surface area (Å²) in [7, 11) is 0. The summed E-state index contributed by atoms with van der Waals surface area (Å²) in [4.78, 5) is 16.5. The first kappa shape index (κ1) is 16.9. The van der Waals surface area contributed by atoms with Gasteiger partial charge in [-0.3, -0.25) is 4.79 Å². The van der Waals surface area contributed by atoms with Crippen molar-refractivity contribution >= 4 is 5.91 Å². The second kappa shape index (κ2) is 7.72. The predicted molar refractivity (Wildman–Crippen MR) is 91.4 cm³/mol. The molecule has 0 aliphatic heterocycles. The molecule has 2 aromatic carbocycles. The number of hydrogen-bond donors (Lipinski definition) is 2. The molecule has 5 nitrogen and oxygen atoms in total. The van der Waals surface area contributed by atoms with Gasteiger partial charge in [0.15, 0.2) is 5.76 Å². The molecule has 0 radical (unpaired) electrons. The Morgan fingerprint density at radius 2 is 1.84 bits per heavy atom. The Bertz CT molecular complexity index is 876. The van der Waals surface area contributed by atoms with Crippen LogP contribution in [-0.4, -0.2) is 29.1 Å². The SMILES string of the molecule is O=C(NCCCO)c1ccccc1-c1ncc(-c2ccccc2F)o1. The van der Waals surface area contributed by atoms with E-state index in [9.17, 15) is 9.18 Å². The molecule has 25 heavy (non-hydrogen) atoms. The van der Waals surface area contributed by atoms with E-state index < -0.39 is 5.82 Å². The highest BCUT2D eigenvalue weighted by molar-refractivity contribution is 6.00. The van der Waals surface area contributed by atoms with Crippen LogP contribution in [0.3, 0.4) is 0 Å². The number of aromatic nitrogens is 1. The molecule has 0 bridgehead atoms. The minimum atomic E-state index is -0.403. The second-order valence-electron chi connectivity index (χ2n) is 5.39. The number of nitrogens with zero attached hydrogens (tertiary/aromatic N) is 1. The molecule has 6 heteroatoms. The summed E-state index contributed by atoms with van der Waals surface area (Å²) >= 11 is 0. The molecule has 3 aromatic rings. The number of aliphatic hydroxyl groups excluding tert-OH is 1. The molecule has 1 amide bonds. The van der Waals surface area contributed by atoms with Gasteiger partial charge in [0, 0.05) is 18.7 Å². The Labute approximate surface area is 144 Å². The second-order valence-corrected chi connectivity index (χ2v) is 5.39. The molecule has 0 saturated heterocycles. The van der Waals surface area contributed by atoms with Crippen LogP contribution >= 0.6 is 0 Å². The molecular formula is C19H17FN2O3. The van der Waals surface area contributed by atoms with Gasteiger partial charge in [-0.15, -0.1) is 0 Å². The smallest absolute Gasteiger partial charge is 0.252 e.